The molecular weight excluding hydrogens is 1220 g/mol. The van der Waals surface area contributed by atoms with Gasteiger partial charge in [-0.25, -0.2) is 14.4 Å². The van der Waals surface area contributed by atoms with Gasteiger partial charge >= 0.3 is 18.1 Å². The molecule has 0 bridgehead atoms. The van der Waals surface area contributed by atoms with Crippen LogP contribution in [0.15, 0.2) is 66.7 Å². The number of benzene rings is 2. The lowest BCUT2D eigenvalue weighted by Gasteiger charge is -2.41. The van der Waals surface area contributed by atoms with E-state index in [9.17, 15) is 62.6 Å². The molecule has 2 aliphatic rings. The predicted molar refractivity (Wildman–Crippen MR) is 355 cm³/mol. The number of nitrogens with one attached hydrogen (secondary N) is 4. The summed E-state index contributed by atoms with van der Waals surface area (Å²) in [4.78, 5) is 165. The second-order valence-electron chi connectivity index (χ2n) is 26.3. The number of imide groups is 1. The summed E-state index contributed by atoms with van der Waals surface area (Å²) < 4.78 is 17.7. The van der Waals surface area contributed by atoms with Gasteiger partial charge in [0.1, 0.15) is 30.5 Å². The van der Waals surface area contributed by atoms with Crippen molar-refractivity contribution < 1.29 is 76.9 Å². The first-order valence-corrected chi connectivity index (χ1v) is 33.3. The van der Waals surface area contributed by atoms with Gasteiger partial charge in [0, 0.05) is 91.7 Å². The lowest BCUT2D eigenvalue weighted by atomic mass is 9.85. The van der Waals surface area contributed by atoms with Crippen LogP contribution in [0.4, 0.5) is 9.59 Å². The number of ether oxygens (including phenoxy) is 3. The number of nitrogens with zero attached hydrogens (tertiary/aromatic N) is 4. The smallest absolute Gasteiger partial charge is 0.410 e. The molecular formula is C70H105N9O16. The Kier molecular flexibility index (Phi) is 32.7. The molecule has 0 aromatic heterocycles. The van der Waals surface area contributed by atoms with Crippen molar-refractivity contribution in [3.05, 3.63) is 83.4 Å². The van der Waals surface area contributed by atoms with Crippen LogP contribution in [-0.2, 0) is 81.6 Å². The molecule has 25 nitrogen and oxygen atoms in total. The third-order valence-corrected chi connectivity index (χ3v) is 18.2. The zero-order valence-electron chi connectivity index (χ0n) is 57.9. The van der Waals surface area contributed by atoms with E-state index in [2.05, 4.69) is 21.3 Å². The zero-order valence-corrected chi connectivity index (χ0v) is 57.9. The number of likely N-dealkylation sites (tertiary alicyclic amines) is 1. The van der Waals surface area contributed by atoms with E-state index in [0.717, 1.165) is 10.5 Å². The van der Waals surface area contributed by atoms with Crippen LogP contribution in [0.2, 0.25) is 0 Å². The van der Waals surface area contributed by atoms with Gasteiger partial charge in [0.15, 0.2) is 5.78 Å². The van der Waals surface area contributed by atoms with Gasteiger partial charge in [0.2, 0.25) is 29.5 Å². The van der Waals surface area contributed by atoms with Crippen LogP contribution in [0.3, 0.4) is 0 Å². The van der Waals surface area contributed by atoms with E-state index < -0.39 is 108 Å². The molecule has 95 heavy (non-hydrogen) atoms. The Bertz CT molecular complexity index is 2940. The van der Waals surface area contributed by atoms with E-state index in [1.54, 1.807) is 109 Å². The summed E-state index contributed by atoms with van der Waals surface area (Å²) in [6.45, 7) is 16.9. The first-order chi connectivity index (χ1) is 44.9. The van der Waals surface area contributed by atoms with Crippen LogP contribution >= 0.6 is 0 Å². The fraction of sp³-hybridized carbons (Fsp3) is 0.629. The number of urea groups is 1. The van der Waals surface area contributed by atoms with Gasteiger partial charge in [0.05, 0.1) is 42.7 Å². The fourth-order valence-electron chi connectivity index (χ4n) is 12.6. The first kappa shape index (κ1) is 79.4. The number of aliphatic carboxylic acids is 1. The highest BCUT2D eigenvalue weighted by Gasteiger charge is 2.44. The molecule has 11 atom stereocenters. The molecule has 0 radical (unpaired) electrons. The number of amides is 10. The van der Waals surface area contributed by atoms with Gasteiger partial charge in [-0.05, 0) is 78.9 Å². The van der Waals surface area contributed by atoms with Crippen molar-refractivity contribution in [2.75, 3.05) is 47.9 Å². The second kappa shape index (κ2) is 39.1. The van der Waals surface area contributed by atoms with E-state index in [0.29, 0.717) is 62.6 Å². The SMILES string of the molecule is CC[C@H](C)[C@@H]([C@@H](CC(=O)N1CCC[C@H]1[C@H](OC)[C@@H](C)C(=O)N[C@@H](Cc1ccccc1)C(=O)O)OC)N(C)C(=O)[C@@H](NC(=O)[C@H](C(C)C)N(C)C(=O)OCc1ccc(CC(=O)[C@H](CCCNC(N)=O)CC(=O)[C@@H](NC(=O)CCCCCN2C(=O)C=CC2=O)C(C)C)cc1)C(C)C. The highest BCUT2D eigenvalue weighted by molar-refractivity contribution is 6.12. The monoisotopic (exact) mass is 1330 g/mol. The minimum atomic E-state index is -1.19. The highest BCUT2D eigenvalue weighted by Crippen LogP contribution is 2.31. The van der Waals surface area contributed by atoms with E-state index in [1.807, 2.05) is 19.9 Å². The molecule has 0 saturated carbocycles. The predicted octanol–water partition coefficient (Wildman–Crippen LogP) is 5.91. The summed E-state index contributed by atoms with van der Waals surface area (Å²) in [5, 5.41) is 21.0. The van der Waals surface area contributed by atoms with E-state index >= 15 is 0 Å². The number of methoxy groups -OCH3 is 2. The second-order valence-corrected chi connectivity index (χ2v) is 26.3. The maximum absolute atomic E-state index is 14.8. The lowest BCUT2D eigenvalue weighted by molar-refractivity contribution is -0.148. The van der Waals surface area contributed by atoms with Gasteiger partial charge in [-0.3, -0.25) is 53.0 Å². The third-order valence-electron chi connectivity index (χ3n) is 18.2. The number of likely N-dealkylation sites (N-methyl/N-ethyl adjacent to an activating group) is 2. The number of primary amides is 1. The number of hydrogen-bond acceptors (Lipinski definition) is 15. The van der Waals surface area contributed by atoms with E-state index in [1.165, 1.54) is 43.2 Å². The number of carboxylic acids is 1. The van der Waals surface area contributed by atoms with Crippen molar-refractivity contribution in [1.29, 1.82) is 0 Å². The van der Waals surface area contributed by atoms with Gasteiger partial charge in [0.25, 0.3) is 11.8 Å². The molecule has 25 heteroatoms. The maximum atomic E-state index is 14.8. The summed E-state index contributed by atoms with van der Waals surface area (Å²) in [5.41, 5.74) is 7.20. The normalized spacial score (nSPS) is 17.0. The summed E-state index contributed by atoms with van der Waals surface area (Å²) in [6, 6.07) is 9.65. The van der Waals surface area contributed by atoms with Crippen LogP contribution in [0.5, 0.6) is 0 Å². The summed E-state index contributed by atoms with van der Waals surface area (Å²) >= 11 is 0. The van der Waals surface area contributed by atoms with Crippen molar-refractivity contribution >= 4 is 71.0 Å². The lowest BCUT2D eigenvalue weighted by Crippen LogP contribution is -2.60. The van der Waals surface area contributed by atoms with E-state index in [-0.39, 0.29) is 105 Å². The molecule has 4 rings (SSSR count). The van der Waals surface area contributed by atoms with Crippen LogP contribution in [-0.4, -0.2) is 192 Å². The Morgan fingerprint density at radius 3 is 1.91 bits per heavy atom. The maximum Gasteiger partial charge on any atom is 0.410 e. The van der Waals surface area contributed by atoms with Crippen LogP contribution in [0.25, 0.3) is 0 Å². The summed E-state index contributed by atoms with van der Waals surface area (Å²) in [5.74, 6) is -7.62. The molecule has 0 spiro atoms. The Hall–Kier alpha value is -8.06. The number of Topliss-reactive ketones (excluding diaryl/α,β-unsaturated/α-hetero) is 2. The molecule has 2 aromatic carbocycles. The molecule has 0 unspecified atom stereocenters. The quantitative estimate of drug-likeness (QED) is 0.0333. The van der Waals surface area contributed by atoms with Gasteiger partial charge in [-0.1, -0.05) is 130 Å². The number of unbranched alkanes of at least 4 members (excludes halogenated alkanes) is 2. The number of hydrogen-bond donors (Lipinski definition) is 6. The minimum Gasteiger partial charge on any atom is -0.480 e. The summed E-state index contributed by atoms with van der Waals surface area (Å²) in [6.07, 6.45) is 3.83. The van der Waals surface area contributed by atoms with Crippen molar-refractivity contribution in [2.45, 2.75) is 201 Å². The number of ketones is 2. The van der Waals surface area contributed by atoms with Crippen molar-refractivity contribution in [3.8, 4) is 0 Å². The first-order valence-electron chi connectivity index (χ1n) is 33.3. The Morgan fingerprint density at radius 1 is 0.705 bits per heavy atom. The van der Waals surface area contributed by atoms with E-state index in [4.69, 9.17) is 19.9 Å². The van der Waals surface area contributed by atoms with Crippen molar-refractivity contribution in [1.82, 2.24) is 40.9 Å². The molecule has 2 aromatic rings. The van der Waals surface area contributed by atoms with Crippen molar-refractivity contribution in [2.24, 2.45) is 41.2 Å². The Labute approximate surface area is 560 Å². The number of rotatable bonds is 41. The Morgan fingerprint density at radius 2 is 1.34 bits per heavy atom. The Balaban J connectivity index is 1.38. The number of carboxylic acid groups (broad SMARTS) is 1. The van der Waals surface area contributed by atoms with Crippen LogP contribution in [0.1, 0.15) is 150 Å². The van der Waals surface area contributed by atoms with Crippen LogP contribution < -0.4 is 27.0 Å². The molecule has 7 N–H and O–H groups in total. The van der Waals surface area contributed by atoms with Gasteiger partial charge in [-0.15, -0.1) is 0 Å². The standard InChI is InChI=1S/C70H105N9O16/c1-14-45(8)63(55(93-12)40-59(85)78-36-22-26-52(78)64(94-13)46(9)65(86)73-51(68(89)90)37-47-23-17-15-18-24-47)76(10)67(88)61(43(4)5)75-66(87)62(44(6)7)77(11)70(92)95-41-49-30-28-48(29-31-49)38-53(80)50(25-21-34-72-69(71)91)39-54(81)60(42(2)3)74-56(82)27-19-16-20-35-79-57(83)32-33-58(79)84/h15,17-18,23-24,28-33,42-46,50-52,55,60-64H,14,16,19-22,25-27,34-41H2,1-13H3,(H,73,86)(H,74,82)(H,75,87)(H,89,90)(H3,71,72,91)/t45-,46+,50+,51-,52-,55+,60-,61-,62-,63-,64+/m0/s1. The summed E-state index contributed by atoms with van der Waals surface area (Å²) in [7, 11) is 5.99. The van der Waals surface area contributed by atoms with Crippen molar-refractivity contribution in [3.63, 3.8) is 0 Å². The average molecular weight is 1330 g/mol. The molecule has 1 saturated heterocycles. The third kappa shape index (κ3) is 24.0. The number of nitrogens with two attached hydrogens (primary N) is 1. The van der Waals surface area contributed by atoms with Gasteiger partial charge in [-0.2, -0.15) is 0 Å². The molecule has 526 valence electrons. The zero-order chi connectivity index (χ0) is 70.8. The van der Waals surface area contributed by atoms with Gasteiger partial charge < -0.3 is 56.1 Å². The number of carbonyl (C=O) groups excluding carboxylic acids is 11. The minimum absolute atomic E-state index is 0.0469. The molecule has 1 fully saturated rings. The fourth-order valence-corrected chi connectivity index (χ4v) is 12.6. The van der Waals surface area contributed by atoms with Crippen LogP contribution in [0, 0.1) is 35.5 Å². The molecule has 2 heterocycles. The average Bonchev–Trinajstić information content (AvgIpc) is 1.81. The largest absolute Gasteiger partial charge is 0.480 e. The molecule has 2 aliphatic heterocycles. The molecule has 10 amide bonds. The molecule has 0 aliphatic carbocycles. The topological polar surface area (TPSA) is 340 Å². The highest BCUT2D eigenvalue weighted by atomic mass is 16.6. The number of carbonyl (C=O) groups is 12.